The highest BCUT2D eigenvalue weighted by atomic mass is 16.5. The smallest absolute Gasteiger partial charge is 0.129 e. The van der Waals surface area contributed by atoms with Crippen LogP contribution in [0.5, 0.6) is 5.75 Å². The van der Waals surface area contributed by atoms with Crippen molar-refractivity contribution in [1.29, 1.82) is 0 Å². The molecule has 138 valence electrons. The van der Waals surface area contributed by atoms with E-state index in [4.69, 9.17) is 18.6 Å². The van der Waals surface area contributed by atoms with Crippen molar-refractivity contribution in [2.24, 2.45) is 0 Å². The molecule has 0 saturated heterocycles. The number of ether oxygens (including phenoxy) is 3. The molecule has 1 atom stereocenters. The van der Waals surface area contributed by atoms with Gasteiger partial charge in [-0.15, -0.1) is 0 Å². The second-order valence-electron chi connectivity index (χ2n) is 5.83. The van der Waals surface area contributed by atoms with Gasteiger partial charge in [-0.2, -0.15) is 0 Å². The van der Waals surface area contributed by atoms with Gasteiger partial charge >= 0.3 is 0 Å². The molecule has 25 heavy (non-hydrogen) atoms. The van der Waals surface area contributed by atoms with E-state index in [0.29, 0.717) is 26.3 Å². The summed E-state index contributed by atoms with van der Waals surface area (Å²) >= 11 is 0. The predicted molar refractivity (Wildman–Crippen MR) is 94.5 cm³/mol. The molecule has 1 aromatic heterocycles. The summed E-state index contributed by atoms with van der Waals surface area (Å²) in [6.07, 6.45) is 1.02. The monoisotopic (exact) mass is 349 g/mol. The summed E-state index contributed by atoms with van der Waals surface area (Å²) in [4.78, 5) is 2.14. The molecule has 0 radical (unpaired) electrons. The minimum absolute atomic E-state index is 0.252. The highest BCUT2D eigenvalue weighted by molar-refractivity contribution is 5.28. The molecule has 0 aliphatic rings. The van der Waals surface area contributed by atoms with Gasteiger partial charge in [0.2, 0.25) is 0 Å². The predicted octanol–water partition coefficient (Wildman–Crippen LogP) is 2.31. The van der Waals surface area contributed by atoms with Crippen LogP contribution in [0.15, 0.2) is 47.1 Å². The average Bonchev–Trinajstić information content (AvgIpc) is 3.13. The lowest BCUT2D eigenvalue weighted by molar-refractivity contribution is 0.000482. The van der Waals surface area contributed by atoms with Crippen molar-refractivity contribution in [2.45, 2.75) is 19.3 Å². The quantitative estimate of drug-likeness (QED) is 0.634. The highest BCUT2D eigenvalue weighted by Gasteiger charge is 2.13. The van der Waals surface area contributed by atoms with Crippen LogP contribution >= 0.6 is 0 Å². The van der Waals surface area contributed by atoms with Crippen molar-refractivity contribution in [2.75, 3.05) is 40.5 Å². The topological polar surface area (TPSA) is 64.3 Å². The molecule has 0 amide bonds. The Morgan fingerprint density at radius 2 is 2.08 bits per heavy atom. The van der Waals surface area contributed by atoms with Crippen LogP contribution in [-0.2, 0) is 22.6 Å². The lowest BCUT2D eigenvalue weighted by atomic mass is 10.2. The Kier molecular flexibility index (Phi) is 8.48. The minimum atomic E-state index is -0.586. The van der Waals surface area contributed by atoms with E-state index in [1.54, 1.807) is 20.5 Å². The van der Waals surface area contributed by atoms with Crippen LogP contribution in [0.2, 0.25) is 0 Å². The summed E-state index contributed by atoms with van der Waals surface area (Å²) in [5.74, 6) is 1.58. The zero-order valence-corrected chi connectivity index (χ0v) is 14.9. The Morgan fingerprint density at radius 3 is 2.80 bits per heavy atom. The Bertz CT molecular complexity index is 587. The maximum atomic E-state index is 10.3. The third-order valence-corrected chi connectivity index (χ3v) is 3.76. The van der Waals surface area contributed by atoms with Gasteiger partial charge in [0.05, 0.1) is 32.7 Å². The van der Waals surface area contributed by atoms with Crippen LogP contribution in [0.4, 0.5) is 0 Å². The molecule has 2 aromatic rings. The van der Waals surface area contributed by atoms with Crippen molar-refractivity contribution < 1.29 is 23.7 Å². The molecule has 0 saturated carbocycles. The van der Waals surface area contributed by atoms with Gasteiger partial charge in [-0.3, -0.25) is 4.90 Å². The Labute approximate surface area is 148 Å². The fourth-order valence-electron chi connectivity index (χ4n) is 2.53. The van der Waals surface area contributed by atoms with E-state index in [2.05, 4.69) is 4.90 Å². The second kappa shape index (κ2) is 10.9. The Morgan fingerprint density at radius 1 is 1.20 bits per heavy atom. The maximum absolute atomic E-state index is 10.3. The van der Waals surface area contributed by atoms with Crippen LogP contribution in [0, 0.1) is 0 Å². The Balaban J connectivity index is 1.82. The SMILES string of the molecule is COCCN(Cc1cccc(OC)c1)CC(O)COCc1ccco1. The fourth-order valence-corrected chi connectivity index (χ4v) is 2.53. The molecule has 6 nitrogen and oxygen atoms in total. The standard InChI is InChI=1S/C19H27NO5/c1-22-10-8-20(12-16-5-3-6-18(11-16)23-2)13-17(21)14-24-15-19-7-4-9-25-19/h3-7,9,11,17,21H,8,10,12-15H2,1-2H3. The number of hydrogen-bond donors (Lipinski definition) is 1. The summed E-state index contributed by atoms with van der Waals surface area (Å²) in [6.45, 7) is 3.14. The zero-order chi connectivity index (χ0) is 17.9. The van der Waals surface area contributed by atoms with Crippen LogP contribution in [0.3, 0.4) is 0 Å². The van der Waals surface area contributed by atoms with Crippen molar-refractivity contribution in [3.63, 3.8) is 0 Å². The van der Waals surface area contributed by atoms with E-state index in [-0.39, 0.29) is 6.61 Å². The number of methoxy groups -OCH3 is 2. The summed E-state index contributed by atoms with van der Waals surface area (Å²) in [7, 11) is 3.33. The molecule has 1 aromatic carbocycles. The molecule has 2 rings (SSSR count). The molecule has 0 aliphatic heterocycles. The number of hydrogen-bond acceptors (Lipinski definition) is 6. The van der Waals surface area contributed by atoms with Crippen LogP contribution < -0.4 is 4.74 Å². The number of aliphatic hydroxyl groups is 1. The molecule has 0 bridgehead atoms. The van der Waals surface area contributed by atoms with Crippen LogP contribution in [-0.4, -0.2) is 56.6 Å². The van der Waals surface area contributed by atoms with Crippen molar-refractivity contribution >= 4 is 0 Å². The number of benzene rings is 1. The van der Waals surface area contributed by atoms with E-state index < -0.39 is 6.10 Å². The van der Waals surface area contributed by atoms with Crippen LogP contribution in [0.1, 0.15) is 11.3 Å². The van der Waals surface area contributed by atoms with Gasteiger partial charge in [0, 0.05) is 26.7 Å². The molecule has 1 unspecified atom stereocenters. The molecule has 0 aliphatic carbocycles. The molecule has 0 fully saturated rings. The minimum Gasteiger partial charge on any atom is -0.497 e. The molecule has 1 heterocycles. The largest absolute Gasteiger partial charge is 0.497 e. The lowest BCUT2D eigenvalue weighted by Crippen LogP contribution is -2.36. The normalized spacial score (nSPS) is 12.5. The van der Waals surface area contributed by atoms with Gasteiger partial charge in [0.25, 0.3) is 0 Å². The second-order valence-corrected chi connectivity index (χ2v) is 5.83. The molecule has 6 heteroatoms. The van der Waals surface area contributed by atoms with Gasteiger partial charge in [-0.1, -0.05) is 12.1 Å². The number of nitrogens with zero attached hydrogens (tertiary/aromatic N) is 1. The average molecular weight is 349 g/mol. The molecular weight excluding hydrogens is 322 g/mol. The van der Waals surface area contributed by atoms with Gasteiger partial charge in [0.15, 0.2) is 0 Å². The van der Waals surface area contributed by atoms with E-state index in [1.807, 2.05) is 36.4 Å². The van der Waals surface area contributed by atoms with Crippen molar-refractivity contribution in [1.82, 2.24) is 4.90 Å². The van der Waals surface area contributed by atoms with Gasteiger partial charge in [-0.25, -0.2) is 0 Å². The van der Waals surface area contributed by atoms with E-state index in [1.165, 1.54) is 0 Å². The van der Waals surface area contributed by atoms with E-state index in [0.717, 1.165) is 23.6 Å². The number of furan rings is 1. The number of aliphatic hydroxyl groups excluding tert-OH is 1. The summed E-state index contributed by atoms with van der Waals surface area (Å²) in [5, 5.41) is 10.3. The number of rotatable bonds is 12. The molecular formula is C19H27NO5. The summed E-state index contributed by atoms with van der Waals surface area (Å²) < 4.78 is 21.2. The summed E-state index contributed by atoms with van der Waals surface area (Å²) in [6, 6.07) is 11.6. The van der Waals surface area contributed by atoms with E-state index >= 15 is 0 Å². The van der Waals surface area contributed by atoms with Gasteiger partial charge in [0.1, 0.15) is 18.1 Å². The van der Waals surface area contributed by atoms with Crippen molar-refractivity contribution in [3.8, 4) is 5.75 Å². The third kappa shape index (κ3) is 7.27. The maximum Gasteiger partial charge on any atom is 0.129 e. The Hall–Kier alpha value is -1.86. The highest BCUT2D eigenvalue weighted by Crippen LogP contribution is 2.14. The molecule has 0 spiro atoms. The lowest BCUT2D eigenvalue weighted by Gasteiger charge is -2.25. The first-order chi connectivity index (χ1) is 12.2. The zero-order valence-electron chi connectivity index (χ0n) is 14.9. The summed E-state index contributed by atoms with van der Waals surface area (Å²) in [5.41, 5.74) is 1.12. The first-order valence-corrected chi connectivity index (χ1v) is 8.33. The first kappa shape index (κ1) is 19.5. The third-order valence-electron chi connectivity index (χ3n) is 3.76. The first-order valence-electron chi connectivity index (χ1n) is 8.33. The van der Waals surface area contributed by atoms with Crippen molar-refractivity contribution in [3.05, 3.63) is 54.0 Å². The van der Waals surface area contributed by atoms with Gasteiger partial charge < -0.3 is 23.7 Å². The van der Waals surface area contributed by atoms with Crippen LogP contribution in [0.25, 0.3) is 0 Å². The van der Waals surface area contributed by atoms with Gasteiger partial charge in [-0.05, 0) is 29.8 Å². The fraction of sp³-hybridized carbons (Fsp3) is 0.474. The molecule has 1 N–H and O–H groups in total. The van der Waals surface area contributed by atoms with E-state index in [9.17, 15) is 5.11 Å².